The lowest BCUT2D eigenvalue weighted by Crippen LogP contribution is -2.40. The van der Waals surface area contributed by atoms with Crippen LogP contribution >= 0.6 is 0 Å². The van der Waals surface area contributed by atoms with Gasteiger partial charge in [0.1, 0.15) is 17.3 Å². The van der Waals surface area contributed by atoms with Gasteiger partial charge in [0.25, 0.3) is 5.91 Å². The van der Waals surface area contributed by atoms with Crippen LogP contribution in [-0.4, -0.2) is 34.0 Å². The van der Waals surface area contributed by atoms with Crippen LogP contribution < -0.4 is 0 Å². The lowest BCUT2D eigenvalue weighted by atomic mass is 9.94. The van der Waals surface area contributed by atoms with Gasteiger partial charge in [-0.2, -0.15) is 4.98 Å². The van der Waals surface area contributed by atoms with Gasteiger partial charge in [-0.1, -0.05) is 17.3 Å². The van der Waals surface area contributed by atoms with Crippen LogP contribution in [0.4, 0.5) is 4.39 Å². The molecule has 0 unspecified atom stereocenters. The van der Waals surface area contributed by atoms with E-state index in [4.69, 9.17) is 8.94 Å². The molecule has 6 nitrogen and oxygen atoms in total. The average molecular weight is 383 g/mol. The molecule has 1 aromatic carbocycles. The Labute approximate surface area is 162 Å². The Bertz CT molecular complexity index is 994. The Morgan fingerprint density at radius 1 is 1.32 bits per heavy atom. The Morgan fingerprint density at radius 3 is 2.89 bits per heavy atom. The van der Waals surface area contributed by atoms with Crippen LogP contribution in [0, 0.1) is 25.6 Å². The lowest BCUT2D eigenvalue weighted by Gasteiger charge is -2.32. The number of likely N-dealkylation sites (tertiary alicyclic amines) is 1. The summed E-state index contributed by atoms with van der Waals surface area (Å²) in [5, 5.41) is 3.91. The number of hydrogen-bond acceptors (Lipinski definition) is 5. The predicted octanol–water partition coefficient (Wildman–Crippen LogP) is 4.18. The molecule has 0 radical (unpaired) electrons. The van der Waals surface area contributed by atoms with Gasteiger partial charge in [-0.3, -0.25) is 4.79 Å². The van der Waals surface area contributed by atoms with Gasteiger partial charge in [0.05, 0.1) is 11.1 Å². The first-order valence-electron chi connectivity index (χ1n) is 9.45. The molecule has 3 aromatic rings. The van der Waals surface area contributed by atoms with Crippen molar-refractivity contribution in [1.82, 2.24) is 15.0 Å². The van der Waals surface area contributed by atoms with Crippen molar-refractivity contribution in [2.45, 2.75) is 33.1 Å². The molecule has 0 bridgehead atoms. The SMILES string of the molecule is Cc1cc(C(=O)N2CCC[C@H](Cc3nc(-c4ccccc4F)no3)C2)c(C)o1. The third kappa shape index (κ3) is 3.69. The largest absolute Gasteiger partial charge is 0.466 e. The summed E-state index contributed by atoms with van der Waals surface area (Å²) < 4.78 is 24.7. The summed E-state index contributed by atoms with van der Waals surface area (Å²) in [6.45, 7) is 5.00. The zero-order chi connectivity index (χ0) is 19.7. The normalized spacial score (nSPS) is 17.1. The summed E-state index contributed by atoms with van der Waals surface area (Å²) in [4.78, 5) is 19.0. The number of halogens is 1. The quantitative estimate of drug-likeness (QED) is 0.676. The molecule has 1 atom stereocenters. The summed E-state index contributed by atoms with van der Waals surface area (Å²) in [6, 6.07) is 8.14. The molecule has 146 valence electrons. The fraction of sp³-hybridized carbons (Fsp3) is 0.381. The minimum atomic E-state index is -0.380. The molecule has 3 heterocycles. The van der Waals surface area contributed by atoms with Crippen molar-refractivity contribution in [3.8, 4) is 11.4 Å². The number of aryl methyl sites for hydroxylation is 2. The van der Waals surface area contributed by atoms with E-state index in [1.807, 2.05) is 18.7 Å². The smallest absolute Gasteiger partial charge is 0.257 e. The number of furan rings is 1. The topological polar surface area (TPSA) is 72.4 Å². The molecule has 1 aliphatic rings. The number of carbonyl (C=O) groups is 1. The van der Waals surface area contributed by atoms with Crippen molar-refractivity contribution in [2.24, 2.45) is 5.92 Å². The number of piperidine rings is 1. The van der Waals surface area contributed by atoms with Crippen LogP contribution in [0.2, 0.25) is 0 Å². The zero-order valence-corrected chi connectivity index (χ0v) is 15.9. The van der Waals surface area contributed by atoms with Crippen LogP contribution in [0.15, 0.2) is 39.3 Å². The van der Waals surface area contributed by atoms with Gasteiger partial charge in [-0.05, 0) is 50.8 Å². The maximum atomic E-state index is 13.9. The van der Waals surface area contributed by atoms with Crippen LogP contribution in [0.3, 0.4) is 0 Å². The van der Waals surface area contributed by atoms with Gasteiger partial charge in [-0.25, -0.2) is 4.39 Å². The molecule has 0 saturated carbocycles. The van der Waals surface area contributed by atoms with E-state index >= 15 is 0 Å². The Balaban J connectivity index is 1.44. The molecule has 1 aliphatic heterocycles. The lowest BCUT2D eigenvalue weighted by molar-refractivity contribution is 0.0666. The summed E-state index contributed by atoms with van der Waals surface area (Å²) in [7, 11) is 0. The molecule has 0 aliphatic carbocycles. The highest BCUT2D eigenvalue weighted by molar-refractivity contribution is 5.95. The maximum Gasteiger partial charge on any atom is 0.257 e. The highest BCUT2D eigenvalue weighted by Gasteiger charge is 2.28. The molecular formula is C21H22FN3O3. The first kappa shape index (κ1) is 18.4. The molecule has 0 spiro atoms. The molecule has 1 saturated heterocycles. The Kier molecular flexibility index (Phi) is 4.98. The second-order valence-corrected chi connectivity index (χ2v) is 7.28. The third-order valence-corrected chi connectivity index (χ3v) is 5.12. The van der Waals surface area contributed by atoms with E-state index in [9.17, 15) is 9.18 Å². The third-order valence-electron chi connectivity index (χ3n) is 5.12. The summed E-state index contributed by atoms with van der Waals surface area (Å²) in [5.41, 5.74) is 0.946. The fourth-order valence-corrected chi connectivity index (χ4v) is 3.77. The van der Waals surface area contributed by atoms with Crippen LogP contribution in [-0.2, 0) is 6.42 Å². The van der Waals surface area contributed by atoms with Crippen LogP contribution in [0.25, 0.3) is 11.4 Å². The highest BCUT2D eigenvalue weighted by Crippen LogP contribution is 2.25. The van der Waals surface area contributed by atoms with Crippen molar-refractivity contribution < 1.29 is 18.1 Å². The van der Waals surface area contributed by atoms with E-state index in [0.717, 1.165) is 25.1 Å². The first-order chi connectivity index (χ1) is 13.5. The second kappa shape index (κ2) is 7.58. The van der Waals surface area contributed by atoms with Crippen LogP contribution in [0.1, 0.15) is 40.6 Å². The van der Waals surface area contributed by atoms with Gasteiger partial charge >= 0.3 is 0 Å². The molecule has 2 aromatic heterocycles. The van der Waals surface area contributed by atoms with E-state index in [2.05, 4.69) is 10.1 Å². The monoisotopic (exact) mass is 383 g/mol. The van der Waals surface area contributed by atoms with E-state index in [0.29, 0.717) is 35.7 Å². The molecule has 28 heavy (non-hydrogen) atoms. The Hall–Kier alpha value is -2.96. The fourth-order valence-electron chi connectivity index (χ4n) is 3.77. The number of carbonyl (C=O) groups excluding carboxylic acids is 1. The van der Waals surface area contributed by atoms with Gasteiger partial charge in [0.2, 0.25) is 11.7 Å². The minimum Gasteiger partial charge on any atom is -0.466 e. The Morgan fingerprint density at radius 2 is 2.14 bits per heavy atom. The second-order valence-electron chi connectivity index (χ2n) is 7.28. The standard InChI is InChI=1S/C21H22FN3O3/c1-13-10-17(14(2)27-13)21(26)25-9-5-6-15(12-25)11-19-23-20(24-28-19)16-7-3-4-8-18(16)22/h3-4,7-8,10,15H,5-6,9,11-12H2,1-2H3/t15-/m1/s1. The maximum absolute atomic E-state index is 13.9. The first-order valence-corrected chi connectivity index (χ1v) is 9.45. The van der Waals surface area contributed by atoms with Crippen molar-refractivity contribution in [1.29, 1.82) is 0 Å². The minimum absolute atomic E-state index is 0.00313. The van der Waals surface area contributed by atoms with E-state index in [1.54, 1.807) is 24.3 Å². The van der Waals surface area contributed by atoms with E-state index in [1.165, 1.54) is 6.07 Å². The van der Waals surface area contributed by atoms with Gasteiger partial charge in [0, 0.05) is 19.5 Å². The predicted molar refractivity (Wildman–Crippen MR) is 100 cm³/mol. The van der Waals surface area contributed by atoms with E-state index < -0.39 is 0 Å². The molecule has 7 heteroatoms. The summed E-state index contributed by atoms with van der Waals surface area (Å²) >= 11 is 0. The number of rotatable bonds is 4. The number of aromatic nitrogens is 2. The zero-order valence-electron chi connectivity index (χ0n) is 15.9. The summed E-state index contributed by atoms with van der Waals surface area (Å²) in [5.74, 6) is 1.94. The number of benzene rings is 1. The van der Waals surface area contributed by atoms with Crippen molar-refractivity contribution >= 4 is 5.91 Å². The number of nitrogens with zero attached hydrogens (tertiary/aromatic N) is 3. The molecule has 1 amide bonds. The number of hydrogen-bond donors (Lipinski definition) is 0. The van der Waals surface area contributed by atoms with Gasteiger partial charge < -0.3 is 13.8 Å². The van der Waals surface area contributed by atoms with Crippen molar-refractivity contribution in [3.05, 3.63) is 59.1 Å². The van der Waals surface area contributed by atoms with Gasteiger partial charge in [0.15, 0.2) is 0 Å². The van der Waals surface area contributed by atoms with Crippen molar-refractivity contribution in [3.63, 3.8) is 0 Å². The summed E-state index contributed by atoms with van der Waals surface area (Å²) in [6.07, 6.45) is 2.46. The highest BCUT2D eigenvalue weighted by atomic mass is 19.1. The molecule has 0 N–H and O–H groups in total. The van der Waals surface area contributed by atoms with Gasteiger partial charge in [-0.15, -0.1) is 0 Å². The molecule has 4 rings (SSSR count). The number of amides is 1. The molecular weight excluding hydrogens is 361 g/mol. The molecule has 1 fully saturated rings. The average Bonchev–Trinajstić information content (AvgIpc) is 3.27. The van der Waals surface area contributed by atoms with Crippen LogP contribution in [0.5, 0.6) is 0 Å². The van der Waals surface area contributed by atoms with E-state index in [-0.39, 0.29) is 23.5 Å². The van der Waals surface area contributed by atoms with Crippen molar-refractivity contribution in [2.75, 3.05) is 13.1 Å².